The molecule has 1 aromatic rings. The van der Waals surface area contributed by atoms with Gasteiger partial charge in [-0.1, -0.05) is 11.8 Å². The Morgan fingerprint density at radius 2 is 1.94 bits per heavy atom. The van der Waals surface area contributed by atoms with Gasteiger partial charge in [-0.15, -0.1) is 0 Å². The molecule has 0 fully saturated rings. The summed E-state index contributed by atoms with van der Waals surface area (Å²) >= 11 is 0. The van der Waals surface area contributed by atoms with Crippen LogP contribution >= 0.6 is 0 Å². The highest BCUT2D eigenvalue weighted by Gasteiger charge is 2.11. The van der Waals surface area contributed by atoms with Crippen molar-refractivity contribution in [1.29, 1.82) is 0 Å². The SMILES string of the molecule is COC(=O)c1ccc(C#CC(C)(C)CO)cc1. The van der Waals surface area contributed by atoms with Crippen LogP contribution in [0.3, 0.4) is 0 Å². The second-order valence-electron chi connectivity index (χ2n) is 4.36. The van der Waals surface area contributed by atoms with E-state index in [2.05, 4.69) is 16.6 Å². The lowest BCUT2D eigenvalue weighted by atomic mass is 9.95. The third-order valence-corrected chi connectivity index (χ3v) is 2.25. The molecular formula is C14H16O3. The number of methoxy groups -OCH3 is 1. The third-order valence-electron chi connectivity index (χ3n) is 2.25. The van der Waals surface area contributed by atoms with Crippen molar-refractivity contribution in [2.45, 2.75) is 13.8 Å². The number of hydrogen-bond acceptors (Lipinski definition) is 3. The minimum atomic E-state index is -0.416. The van der Waals surface area contributed by atoms with Gasteiger partial charge in [-0.2, -0.15) is 0 Å². The Hall–Kier alpha value is -1.79. The first-order valence-corrected chi connectivity index (χ1v) is 5.31. The molecule has 1 aromatic carbocycles. The fraction of sp³-hybridized carbons (Fsp3) is 0.357. The van der Waals surface area contributed by atoms with Gasteiger partial charge >= 0.3 is 5.97 Å². The zero-order chi connectivity index (χ0) is 12.9. The molecule has 3 nitrogen and oxygen atoms in total. The lowest BCUT2D eigenvalue weighted by molar-refractivity contribution is 0.0600. The van der Waals surface area contributed by atoms with Crippen molar-refractivity contribution in [1.82, 2.24) is 0 Å². The first-order chi connectivity index (χ1) is 7.98. The second-order valence-corrected chi connectivity index (χ2v) is 4.36. The smallest absolute Gasteiger partial charge is 0.337 e. The highest BCUT2D eigenvalue weighted by atomic mass is 16.5. The Labute approximate surface area is 101 Å². The van der Waals surface area contributed by atoms with E-state index in [0.717, 1.165) is 5.56 Å². The molecule has 90 valence electrons. The van der Waals surface area contributed by atoms with Crippen molar-refractivity contribution in [3.63, 3.8) is 0 Å². The maximum atomic E-state index is 11.2. The number of carbonyl (C=O) groups excluding carboxylic acids is 1. The fourth-order valence-corrected chi connectivity index (χ4v) is 1.09. The summed E-state index contributed by atoms with van der Waals surface area (Å²) in [7, 11) is 1.35. The third kappa shape index (κ3) is 3.93. The molecule has 0 aromatic heterocycles. The molecule has 0 heterocycles. The largest absolute Gasteiger partial charge is 0.465 e. The van der Waals surface area contributed by atoms with Crippen molar-refractivity contribution in [3.8, 4) is 11.8 Å². The number of ether oxygens (including phenoxy) is 1. The monoisotopic (exact) mass is 232 g/mol. The summed E-state index contributed by atoms with van der Waals surface area (Å²) < 4.78 is 4.60. The molecule has 3 heteroatoms. The molecule has 0 spiro atoms. The summed E-state index contributed by atoms with van der Waals surface area (Å²) in [5.74, 6) is 5.57. The minimum Gasteiger partial charge on any atom is -0.465 e. The van der Waals surface area contributed by atoms with Crippen LogP contribution in [0, 0.1) is 17.3 Å². The van der Waals surface area contributed by atoms with Crippen molar-refractivity contribution in [2.24, 2.45) is 5.41 Å². The fourth-order valence-electron chi connectivity index (χ4n) is 1.09. The van der Waals surface area contributed by atoms with Gasteiger partial charge in [0.15, 0.2) is 0 Å². The van der Waals surface area contributed by atoms with Gasteiger partial charge in [-0.25, -0.2) is 4.79 Å². The lowest BCUT2D eigenvalue weighted by Gasteiger charge is -2.11. The van der Waals surface area contributed by atoms with Gasteiger partial charge in [-0.3, -0.25) is 0 Å². The Balaban J connectivity index is 2.86. The van der Waals surface area contributed by atoms with E-state index in [1.54, 1.807) is 24.3 Å². The summed E-state index contributed by atoms with van der Waals surface area (Å²) in [6, 6.07) is 6.85. The number of rotatable bonds is 2. The topological polar surface area (TPSA) is 46.5 Å². The number of benzene rings is 1. The predicted molar refractivity (Wildman–Crippen MR) is 65.5 cm³/mol. The Bertz CT molecular complexity index is 447. The number of hydrogen-bond donors (Lipinski definition) is 1. The van der Waals surface area contributed by atoms with Gasteiger partial charge in [0.25, 0.3) is 0 Å². The molecule has 0 radical (unpaired) electrons. The van der Waals surface area contributed by atoms with Crippen LogP contribution in [-0.2, 0) is 4.74 Å². The molecule has 1 rings (SSSR count). The van der Waals surface area contributed by atoms with Crippen LogP contribution in [0.2, 0.25) is 0 Å². The Kier molecular flexibility index (Phi) is 4.30. The summed E-state index contributed by atoms with van der Waals surface area (Å²) in [5, 5.41) is 9.06. The maximum absolute atomic E-state index is 11.2. The molecule has 0 atom stereocenters. The zero-order valence-electron chi connectivity index (χ0n) is 10.3. The van der Waals surface area contributed by atoms with Gasteiger partial charge in [0.2, 0.25) is 0 Å². The van der Waals surface area contributed by atoms with Crippen LogP contribution < -0.4 is 0 Å². The number of aliphatic hydroxyl groups excluding tert-OH is 1. The van der Waals surface area contributed by atoms with E-state index in [0.29, 0.717) is 5.56 Å². The summed E-state index contributed by atoms with van der Waals surface area (Å²) in [4.78, 5) is 11.2. The van der Waals surface area contributed by atoms with Crippen LogP contribution in [0.5, 0.6) is 0 Å². The van der Waals surface area contributed by atoms with Crippen molar-refractivity contribution in [3.05, 3.63) is 35.4 Å². The quantitative estimate of drug-likeness (QED) is 0.625. The molecule has 0 unspecified atom stereocenters. The summed E-state index contributed by atoms with van der Waals surface area (Å²) in [6.45, 7) is 3.74. The zero-order valence-corrected chi connectivity index (χ0v) is 10.3. The van der Waals surface area contributed by atoms with E-state index >= 15 is 0 Å². The minimum absolute atomic E-state index is 0.0141. The molecule has 0 aliphatic heterocycles. The Morgan fingerprint density at radius 1 is 1.35 bits per heavy atom. The Morgan fingerprint density at radius 3 is 2.41 bits per heavy atom. The van der Waals surface area contributed by atoms with E-state index in [1.807, 2.05) is 13.8 Å². The van der Waals surface area contributed by atoms with Gasteiger partial charge in [0.1, 0.15) is 0 Å². The van der Waals surface area contributed by atoms with Gasteiger partial charge in [0, 0.05) is 11.0 Å². The molecule has 1 N–H and O–H groups in total. The number of aliphatic hydroxyl groups is 1. The van der Waals surface area contributed by atoms with Gasteiger partial charge in [0.05, 0.1) is 19.3 Å². The first kappa shape index (κ1) is 13.3. The van der Waals surface area contributed by atoms with Crippen LogP contribution in [0.15, 0.2) is 24.3 Å². The summed E-state index contributed by atoms with van der Waals surface area (Å²) in [5.41, 5.74) is 0.889. The van der Waals surface area contributed by atoms with Gasteiger partial charge in [-0.05, 0) is 38.1 Å². The normalized spacial score (nSPS) is 10.4. The molecule has 0 saturated heterocycles. The average molecular weight is 232 g/mol. The van der Waals surface area contributed by atoms with E-state index in [4.69, 9.17) is 5.11 Å². The van der Waals surface area contributed by atoms with E-state index in [9.17, 15) is 4.79 Å². The van der Waals surface area contributed by atoms with E-state index in [-0.39, 0.29) is 12.6 Å². The molecular weight excluding hydrogens is 216 g/mol. The molecule has 0 amide bonds. The van der Waals surface area contributed by atoms with Crippen LogP contribution in [-0.4, -0.2) is 24.8 Å². The molecule has 0 aliphatic carbocycles. The average Bonchev–Trinajstić information content (AvgIpc) is 2.36. The van der Waals surface area contributed by atoms with Crippen LogP contribution in [0.4, 0.5) is 0 Å². The molecule has 0 aliphatic rings. The highest BCUT2D eigenvalue weighted by Crippen LogP contribution is 2.12. The van der Waals surface area contributed by atoms with Crippen LogP contribution in [0.25, 0.3) is 0 Å². The first-order valence-electron chi connectivity index (χ1n) is 5.31. The van der Waals surface area contributed by atoms with Crippen molar-refractivity contribution in [2.75, 3.05) is 13.7 Å². The number of carbonyl (C=O) groups is 1. The lowest BCUT2D eigenvalue weighted by Crippen LogP contribution is -2.13. The second kappa shape index (κ2) is 5.51. The van der Waals surface area contributed by atoms with Crippen molar-refractivity contribution < 1.29 is 14.6 Å². The molecule has 0 saturated carbocycles. The predicted octanol–water partition coefficient (Wildman–Crippen LogP) is 1.84. The highest BCUT2D eigenvalue weighted by molar-refractivity contribution is 5.89. The van der Waals surface area contributed by atoms with Crippen molar-refractivity contribution >= 4 is 5.97 Å². The van der Waals surface area contributed by atoms with E-state index in [1.165, 1.54) is 7.11 Å². The molecule has 17 heavy (non-hydrogen) atoms. The van der Waals surface area contributed by atoms with E-state index < -0.39 is 5.41 Å². The number of esters is 1. The maximum Gasteiger partial charge on any atom is 0.337 e. The van der Waals surface area contributed by atoms with Crippen LogP contribution in [0.1, 0.15) is 29.8 Å². The molecule has 0 bridgehead atoms. The standard InChI is InChI=1S/C14H16O3/c1-14(2,10-15)9-8-11-4-6-12(7-5-11)13(16)17-3/h4-7,15H,10H2,1-3H3. The summed E-state index contributed by atoms with van der Waals surface area (Å²) in [6.07, 6.45) is 0. The van der Waals surface area contributed by atoms with Gasteiger partial charge < -0.3 is 9.84 Å².